The van der Waals surface area contributed by atoms with E-state index in [2.05, 4.69) is 20.6 Å². The summed E-state index contributed by atoms with van der Waals surface area (Å²) in [6.45, 7) is 17.1. The molecule has 0 aliphatic carbocycles. The number of pyridine rings is 2. The highest BCUT2D eigenvalue weighted by Gasteiger charge is 2.36. The summed E-state index contributed by atoms with van der Waals surface area (Å²) >= 11 is 0. The zero-order chi connectivity index (χ0) is 40.6. The van der Waals surface area contributed by atoms with Crippen molar-refractivity contribution >= 4 is 52.3 Å². The summed E-state index contributed by atoms with van der Waals surface area (Å²) < 4.78 is 59.3. The van der Waals surface area contributed by atoms with Crippen LogP contribution in [0.4, 0.5) is 45.2 Å². The van der Waals surface area contributed by atoms with Gasteiger partial charge in [0.1, 0.15) is 41.0 Å². The minimum Gasteiger partial charge on any atom is -0.474 e. The molecule has 2 aliphatic rings. The molecule has 1 saturated heterocycles. The second kappa shape index (κ2) is 15.3. The van der Waals surface area contributed by atoms with Gasteiger partial charge in [-0.1, -0.05) is 0 Å². The van der Waals surface area contributed by atoms with E-state index in [0.717, 1.165) is 0 Å². The maximum absolute atomic E-state index is 16.7. The second-order valence-electron chi connectivity index (χ2n) is 16.3. The van der Waals surface area contributed by atoms with Gasteiger partial charge in [0.15, 0.2) is 12.0 Å². The lowest BCUT2D eigenvalue weighted by atomic mass is 9.96. The summed E-state index contributed by atoms with van der Waals surface area (Å²) in [6, 6.07) is 2.90. The SMILES string of the molecule is Cc1c(-c2cc3cc(NC(=O)OC4CCN(C(=O)OC(C)(C)C)C[C@H]4F)ncc3c(NC(=O)OC(C)(C)C)c2F)cnc2c1N(C(=O)OC(C)(C)C)CCO2. The number of hydrogen-bond donors (Lipinski definition) is 2. The fourth-order valence-electron chi connectivity index (χ4n) is 5.95. The summed E-state index contributed by atoms with van der Waals surface area (Å²) in [6.07, 6.45) is -3.37. The number of likely N-dealkylation sites (tertiary alicyclic amines) is 1. The van der Waals surface area contributed by atoms with Crippen LogP contribution in [-0.4, -0.2) is 94.6 Å². The van der Waals surface area contributed by atoms with Crippen LogP contribution in [0, 0.1) is 12.7 Å². The standard InChI is InChI=1S/C38H48F2N6O9/c1-20-23(17-42-31-30(20)46(13-14-51-31)35(50)55-38(8,9)10)22-15-21-16-27(41-18-24(21)29(28(22)40)44-33(48)53-36(2,3)4)43-32(47)52-26-11-12-45(19-25(26)39)34(49)54-37(5,6)7/h15-18,25-26H,11-14,19H2,1-10H3,(H,44,48)(H,41,43,47)/t25-,26?/m1/s1. The van der Waals surface area contributed by atoms with Gasteiger partial charge in [-0.3, -0.25) is 15.5 Å². The number of benzene rings is 1. The van der Waals surface area contributed by atoms with Crippen LogP contribution in [-0.2, 0) is 18.9 Å². The normalized spacial score (nSPS) is 17.5. The van der Waals surface area contributed by atoms with Crippen LogP contribution in [0.5, 0.6) is 5.88 Å². The molecule has 15 nitrogen and oxygen atoms in total. The van der Waals surface area contributed by atoms with Crippen LogP contribution in [0.3, 0.4) is 0 Å². The Kier molecular flexibility index (Phi) is 11.3. The fourth-order valence-corrected chi connectivity index (χ4v) is 5.95. The van der Waals surface area contributed by atoms with Crippen molar-refractivity contribution in [1.82, 2.24) is 14.9 Å². The molecule has 5 rings (SSSR count). The Morgan fingerprint density at radius 2 is 1.49 bits per heavy atom. The first-order chi connectivity index (χ1) is 25.5. The van der Waals surface area contributed by atoms with Crippen LogP contribution in [0.25, 0.3) is 21.9 Å². The highest BCUT2D eigenvalue weighted by atomic mass is 19.1. The Bertz CT molecular complexity index is 1990. The predicted octanol–water partition coefficient (Wildman–Crippen LogP) is 8.12. The number of fused-ring (bicyclic) bond motifs is 2. The van der Waals surface area contributed by atoms with Gasteiger partial charge < -0.3 is 28.6 Å². The largest absolute Gasteiger partial charge is 0.474 e. The van der Waals surface area contributed by atoms with E-state index in [4.69, 9.17) is 23.7 Å². The van der Waals surface area contributed by atoms with Gasteiger partial charge >= 0.3 is 24.4 Å². The lowest BCUT2D eigenvalue weighted by Crippen LogP contribution is -2.50. The van der Waals surface area contributed by atoms with Gasteiger partial charge in [-0.2, -0.15) is 0 Å². The monoisotopic (exact) mass is 770 g/mol. The highest BCUT2D eigenvalue weighted by molar-refractivity contribution is 6.05. The highest BCUT2D eigenvalue weighted by Crippen LogP contribution is 2.42. The molecule has 2 atom stereocenters. The quantitative estimate of drug-likeness (QED) is 0.246. The number of nitrogens with zero attached hydrogens (tertiary/aromatic N) is 4. The maximum atomic E-state index is 16.7. The lowest BCUT2D eigenvalue weighted by molar-refractivity contribution is -0.0213. The first-order valence-electron chi connectivity index (χ1n) is 17.8. The van der Waals surface area contributed by atoms with Crippen LogP contribution >= 0.6 is 0 Å². The summed E-state index contributed by atoms with van der Waals surface area (Å²) in [5.41, 5.74) is -1.74. The molecular formula is C38H48F2N6O9. The van der Waals surface area contributed by atoms with Crippen molar-refractivity contribution in [3.05, 3.63) is 35.9 Å². The number of carbonyl (C=O) groups excluding carboxylic acids is 4. The number of anilines is 3. The van der Waals surface area contributed by atoms with Gasteiger partial charge in [0.2, 0.25) is 5.88 Å². The average Bonchev–Trinajstić information content (AvgIpc) is 3.04. The van der Waals surface area contributed by atoms with Gasteiger partial charge in [-0.25, -0.2) is 37.9 Å². The molecule has 0 spiro atoms. The minimum atomic E-state index is -1.67. The van der Waals surface area contributed by atoms with Gasteiger partial charge in [-0.05, 0) is 92.3 Å². The smallest absolute Gasteiger partial charge is 0.415 e. The second-order valence-corrected chi connectivity index (χ2v) is 16.3. The third-order valence-electron chi connectivity index (χ3n) is 8.21. The van der Waals surface area contributed by atoms with Crippen LogP contribution in [0.2, 0.25) is 0 Å². The van der Waals surface area contributed by atoms with Gasteiger partial charge in [0.05, 0.1) is 18.8 Å². The Labute approximate surface area is 318 Å². The van der Waals surface area contributed by atoms with Crippen molar-refractivity contribution < 1.29 is 51.6 Å². The third kappa shape index (κ3) is 9.99. The molecule has 298 valence electrons. The average molecular weight is 771 g/mol. The first-order valence-corrected chi connectivity index (χ1v) is 17.8. The van der Waals surface area contributed by atoms with Crippen LogP contribution in [0.15, 0.2) is 24.5 Å². The van der Waals surface area contributed by atoms with E-state index in [1.165, 1.54) is 34.3 Å². The van der Waals surface area contributed by atoms with E-state index in [0.29, 0.717) is 16.6 Å². The molecule has 17 heteroatoms. The van der Waals surface area contributed by atoms with Crippen LogP contribution < -0.4 is 20.3 Å². The number of ether oxygens (including phenoxy) is 5. The summed E-state index contributed by atoms with van der Waals surface area (Å²) in [7, 11) is 0. The molecule has 1 fully saturated rings. The molecule has 2 aliphatic heterocycles. The Morgan fingerprint density at radius 1 is 0.836 bits per heavy atom. The number of halogens is 2. The van der Waals surface area contributed by atoms with E-state index in [1.807, 2.05) is 0 Å². The fraction of sp³-hybridized carbons (Fsp3) is 0.526. The van der Waals surface area contributed by atoms with E-state index < -0.39 is 59.3 Å². The molecular weight excluding hydrogens is 722 g/mol. The molecule has 4 amide bonds. The van der Waals surface area contributed by atoms with Crippen molar-refractivity contribution in [2.24, 2.45) is 0 Å². The van der Waals surface area contributed by atoms with Crippen molar-refractivity contribution in [2.75, 3.05) is 41.8 Å². The number of alkyl halides is 1. The van der Waals surface area contributed by atoms with Crippen LogP contribution in [0.1, 0.15) is 74.3 Å². The molecule has 1 aromatic carbocycles. The van der Waals surface area contributed by atoms with E-state index in [-0.39, 0.29) is 66.6 Å². The van der Waals surface area contributed by atoms with Crippen molar-refractivity contribution in [2.45, 2.75) is 105 Å². The third-order valence-corrected chi connectivity index (χ3v) is 8.21. The topological polar surface area (TPSA) is 171 Å². The minimum absolute atomic E-state index is 0.0159. The number of nitrogens with one attached hydrogen (secondary N) is 2. The van der Waals surface area contributed by atoms with Gasteiger partial charge in [-0.15, -0.1) is 0 Å². The number of rotatable bonds is 4. The van der Waals surface area contributed by atoms with Crippen molar-refractivity contribution in [1.29, 1.82) is 0 Å². The molecule has 0 radical (unpaired) electrons. The molecule has 0 saturated carbocycles. The Balaban J connectivity index is 1.47. The molecule has 0 bridgehead atoms. The summed E-state index contributed by atoms with van der Waals surface area (Å²) in [5, 5.41) is 5.46. The lowest BCUT2D eigenvalue weighted by Gasteiger charge is -2.35. The molecule has 1 unspecified atom stereocenters. The molecule has 55 heavy (non-hydrogen) atoms. The number of piperidine rings is 1. The summed E-state index contributed by atoms with van der Waals surface area (Å²) in [4.78, 5) is 62.8. The number of amides is 4. The van der Waals surface area contributed by atoms with E-state index >= 15 is 8.78 Å². The van der Waals surface area contributed by atoms with Gasteiger partial charge in [0, 0.05) is 41.9 Å². The zero-order valence-electron chi connectivity index (χ0n) is 32.7. The number of hydrogen-bond acceptors (Lipinski definition) is 11. The molecule has 3 aromatic rings. The maximum Gasteiger partial charge on any atom is 0.415 e. The Hall–Kier alpha value is -5.48. The number of aromatic nitrogens is 2. The predicted molar refractivity (Wildman–Crippen MR) is 200 cm³/mol. The van der Waals surface area contributed by atoms with Crippen molar-refractivity contribution in [3.8, 4) is 17.0 Å². The van der Waals surface area contributed by atoms with Crippen molar-refractivity contribution in [3.63, 3.8) is 0 Å². The van der Waals surface area contributed by atoms with E-state index in [9.17, 15) is 19.2 Å². The van der Waals surface area contributed by atoms with Gasteiger partial charge in [0.25, 0.3) is 0 Å². The molecule has 2 aromatic heterocycles. The molecule has 4 heterocycles. The zero-order valence-corrected chi connectivity index (χ0v) is 32.7. The summed E-state index contributed by atoms with van der Waals surface area (Å²) in [5.74, 6) is -0.714. The van der Waals surface area contributed by atoms with E-state index in [1.54, 1.807) is 69.2 Å². The number of carbonyl (C=O) groups is 4. The first kappa shape index (κ1) is 40.7. The molecule has 2 N–H and O–H groups in total. The Morgan fingerprint density at radius 3 is 2.13 bits per heavy atom.